The molecule has 2 atom stereocenters. The number of unbranched alkanes of at least 4 members (excludes halogenated alkanes) is 18. The van der Waals surface area contributed by atoms with E-state index in [0.29, 0.717) is 32.7 Å². The van der Waals surface area contributed by atoms with Crippen LogP contribution in [0.3, 0.4) is 0 Å². The van der Waals surface area contributed by atoms with E-state index in [0.717, 1.165) is 12.8 Å². The van der Waals surface area contributed by atoms with E-state index < -0.39 is 14.2 Å². The molecule has 0 aliphatic rings. The summed E-state index contributed by atoms with van der Waals surface area (Å²) < 4.78 is 33.4. The zero-order valence-corrected chi connectivity index (χ0v) is 26.0. The number of carboxylic acids is 1. The molecule has 8 nitrogen and oxygen atoms in total. The third-order valence-corrected chi connectivity index (χ3v) is 7.52. The largest absolute Gasteiger partial charge is 0.697 e. The van der Waals surface area contributed by atoms with E-state index in [9.17, 15) is 9.36 Å². The van der Waals surface area contributed by atoms with Crippen LogP contribution in [-0.4, -0.2) is 56.8 Å². The number of hydrogen-bond acceptors (Lipinski definition) is 7. The Morgan fingerprint density at radius 3 is 1.64 bits per heavy atom. The molecule has 0 aromatic heterocycles. The average molecular weight is 579 g/mol. The van der Waals surface area contributed by atoms with Gasteiger partial charge in [-0.25, -0.2) is 0 Å². The summed E-state index contributed by atoms with van der Waals surface area (Å²) in [6, 6.07) is 0. The van der Waals surface area contributed by atoms with Gasteiger partial charge < -0.3 is 20.3 Å². The SMILES string of the molecule is CCCCCCCCCCCCCCCCCCCCOCC(CO[P+](=O)OCCN)OCCCCC(=O)O. The van der Waals surface area contributed by atoms with Gasteiger partial charge >= 0.3 is 14.2 Å². The minimum atomic E-state index is -2.23. The van der Waals surface area contributed by atoms with Crippen LogP contribution in [0.4, 0.5) is 0 Å². The summed E-state index contributed by atoms with van der Waals surface area (Å²) in [7, 11) is -2.23. The van der Waals surface area contributed by atoms with Crippen LogP contribution in [0.2, 0.25) is 0 Å². The molecule has 2 unspecified atom stereocenters. The number of aliphatic carboxylic acids is 1. The van der Waals surface area contributed by atoms with Crippen LogP contribution in [0.15, 0.2) is 0 Å². The average Bonchev–Trinajstić information content (AvgIpc) is 2.92. The van der Waals surface area contributed by atoms with Crippen molar-refractivity contribution >= 4 is 14.2 Å². The molecule has 0 amide bonds. The normalized spacial score (nSPS) is 12.6. The van der Waals surface area contributed by atoms with E-state index in [1.54, 1.807) is 0 Å². The van der Waals surface area contributed by atoms with Crippen LogP contribution in [-0.2, 0) is 27.9 Å². The lowest BCUT2D eigenvalue weighted by Crippen LogP contribution is -2.25. The van der Waals surface area contributed by atoms with Crippen molar-refractivity contribution in [2.24, 2.45) is 5.73 Å². The maximum atomic E-state index is 11.7. The summed E-state index contributed by atoms with van der Waals surface area (Å²) >= 11 is 0. The Hall–Kier alpha value is -0.630. The van der Waals surface area contributed by atoms with Gasteiger partial charge in [-0.15, -0.1) is 9.05 Å². The maximum Gasteiger partial charge on any atom is 0.697 e. The van der Waals surface area contributed by atoms with Crippen molar-refractivity contribution in [2.45, 2.75) is 148 Å². The molecular weight excluding hydrogens is 517 g/mol. The molecule has 0 aromatic carbocycles. The van der Waals surface area contributed by atoms with Gasteiger partial charge in [-0.05, 0) is 19.3 Å². The predicted octanol–water partition coefficient (Wildman–Crippen LogP) is 8.33. The summed E-state index contributed by atoms with van der Waals surface area (Å²) in [6.45, 7) is 4.23. The second-order valence-corrected chi connectivity index (χ2v) is 11.5. The minimum absolute atomic E-state index is 0.0951. The summed E-state index contributed by atoms with van der Waals surface area (Å²) in [6.07, 6.45) is 25.3. The third kappa shape index (κ3) is 31.8. The molecule has 0 saturated carbocycles. The maximum absolute atomic E-state index is 11.7. The highest BCUT2D eigenvalue weighted by molar-refractivity contribution is 7.33. The van der Waals surface area contributed by atoms with Crippen molar-refractivity contribution < 1.29 is 33.0 Å². The molecule has 0 rings (SSSR count). The molecular formula is C30H61NO7P+. The van der Waals surface area contributed by atoms with Crippen molar-refractivity contribution in [1.82, 2.24) is 0 Å². The third-order valence-electron chi connectivity index (χ3n) is 6.76. The first kappa shape index (κ1) is 38.4. The topological polar surface area (TPSA) is 117 Å². The summed E-state index contributed by atoms with van der Waals surface area (Å²) in [5.41, 5.74) is 5.34. The monoisotopic (exact) mass is 578 g/mol. The van der Waals surface area contributed by atoms with E-state index in [1.807, 2.05) is 0 Å². The van der Waals surface area contributed by atoms with Crippen molar-refractivity contribution in [3.8, 4) is 0 Å². The quantitative estimate of drug-likeness (QED) is 0.0589. The van der Waals surface area contributed by atoms with Crippen molar-refractivity contribution in [2.75, 3.05) is 39.6 Å². The highest BCUT2D eigenvalue weighted by Gasteiger charge is 2.23. The lowest BCUT2D eigenvalue weighted by Gasteiger charge is -2.15. The molecule has 0 saturated heterocycles. The van der Waals surface area contributed by atoms with E-state index >= 15 is 0 Å². The van der Waals surface area contributed by atoms with Crippen LogP contribution < -0.4 is 5.73 Å². The zero-order valence-electron chi connectivity index (χ0n) is 25.1. The van der Waals surface area contributed by atoms with Gasteiger partial charge in [0.25, 0.3) is 0 Å². The smallest absolute Gasteiger partial charge is 0.481 e. The van der Waals surface area contributed by atoms with Crippen molar-refractivity contribution in [3.05, 3.63) is 0 Å². The fourth-order valence-corrected chi connectivity index (χ4v) is 5.02. The molecule has 0 aromatic rings. The molecule has 0 heterocycles. The Morgan fingerprint density at radius 2 is 1.15 bits per heavy atom. The first-order valence-corrected chi connectivity index (χ1v) is 17.0. The van der Waals surface area contributed by atoms with Crippen LogP contribution in [0, 0.1) is 0 Å². The van der Waals surface area contributed by atoms with Crippen molar-refractivity contribution in [3.63, 3.8) is 0 Å². The summed E-state index contributed by atoms with van der Waals surface area (Å²) in [4.78, 5) is 10.6. The highest BCUT2D eigenvalue weighted by atomic mass is 31.1. The van der Waals surface area contributed by atoms with Crippen molar-refractivity contribution in [1.29, 1.82) is 0 Å². The summed E-state index contributed by atoms with van der Waals surface area (Å²) in [5.74, 6) is -0.809. The van der Waals surface area contributed by atoms with Crippen LogP contribution >= 0.6 is 8.25 Å². The fourth-order valence-electron chi connectivity index (χ4n) is 4.40. The van der Waals surface area contributed by atoms with Gasteiger partial charge in [-0.2, -0.15) is 0 Å². The molecule has 39 heavy (non-hydrogen) atoms. The minimum Gasteiger partial charge on any atom is -0.481 e. The van der Waals surface area contributed by atoms with Gasteiger partial charge in [0.15, 0.2) is 0 Å². The Labute approximate surface area is 240 Å². The second kappa shape index (κ2) is 31.9. The van der Waals surface area contributed by atoms with Crippen LogP contribution in [0.1, 0.15) is 142 Å². The number of rotatable bonds is 33. The first-order chi connectivity index (χ1) is 19.1. The molecule has 0 fully saturated rings. The Kier molecular flexibility index (Phi) is 31.4. The molecule has 3 N–H and O–H groups in total. The predicted molar refractivity (Wildman–Crippen MR) is 159 cm³/mol. The molecule has 0 bridgehead atoms. The van der Waals surface area contributed by atoms with Crippen LogP contribution in [0.25, 0.3) is 0 Å². The van der Waals surface area contributed by atoms with E-state index in [4.69, 9.17) is 29.4 Å². The molecule has 9 heteroatoms. The van der Waals surface area contributed by atoms with Gasteiger partial charge in [0.2, 0.25) is 0 Å². The first-order valence-electron chi connectivity index (χ1n) is 15.9. The number of hydrogen-bond donors (Lipinski definition) is 2. The molecule has 0 aliphatic heterocycles. The van der Waals surface area contributed by atoms with Gasteiger partial charge in [0.1, 0.15) is 19.3 Å². The Bertz CT molecular complexity index is 539. The summed E-state index contributed by atoms with van der Waals surface area (Å²) in [5, 5.41) is 8.73. The number of carboxylic acid groups (broad SMARTS) is 1. The van der Waals surface area contributed by atoms with Crippen LogP contribution in [0.5, 0.6) is 0 Å². The van der Waals surface area contributed by atoms with Gasteiger partial charge in [0.05, 0.1) is 6.61 Å². The second-order valence-electron chi connectivity index (χ2n) is 10.6. The van der Waals surface area contributed by atoms with E-state index in [1.165, 1.54) is 103 Å². The molecule has 0 aliphatic carbocycles. The zero-order chi connectivity index (χ0) is 28.7. The molecule has 0 spiro atoms. The van der Waals surface area contributed by atoms with E-state index in [-0.39, 0.29) is 32.3 Å². The Morgan fingerprint density at radius 1 is 0.667 bits per heavy atom. The Balaban J connectivity index is 3.63. The number of carbonyl (C=O) groups is 1. The number of ether oxygens (including phenoxy) is 2. The van der Waals surface area contributed by atoms with Gasteiger partial charge in [-0.3, -0.25) is 4.79 Å². The number of nitrogens with two attached hydrogens (primary N) is 1. The molecule has 232 valence electrons. The highest BCUT2D eigenvalue weighted by Crippen LogP contribution is 2.23. The molecule has 0 radical (unpaired) electrons. The van der Waals surface area contributed by atoms with Gasteiger partial charge in [0, 0.05) is 30.7 Å². The lowest BCUT2D eigenvalue weighted by atomic mass is 10.0. The standard InChI is InChI=1S/C30H60NO7P/c1-2-3-4-5-6-7-8-9-10-11-12-13-14-15-16-17-18-20-24-35-27-29(28-38-39(34)37-26-23-31)36-25-21-19-22-30(32)33/h29H,2-28,31H2,1H3/p+1. The van der Waals surface area contributed by atoms with E-state index in [2.05, 4.69) is 6.92 Å². The lowest BCUT2D eigenvalue weighted by molar-refractivity contribution is -0.137. The van der Waals surface area contributed by atoms with Gasteiger partial charge in [-0.1, -0.05) is 116 Å². The fraction of sp³-hybridized carbons (Fsp3) is 0.967.